The quantitative estimate of drug-likeness (QED) is 0.672. The van der Waals surface area contributed by atoms with Gasteiger partial charge in [0.05, 0.1) is 24.1 Å². The molecule has 9 heteroatoms. The molecule has 8 nitrogen and oxygen atoms in total. The minimum Gasteiger partial charge on any atom is -0.480 e. The lowest BCUT2D eigenvalue weighted by Gasteiger charge is -2.37. The third-order valence-electron chi connectivity index (χ3n) is 4.34. The van der Waals surface area contributed by atoms with Gasteiger partial charge in [-0.05, 0) is 24.4 Å². The highest BCUT2D eigenvalue weighted by Crippen LogP contribution is 2.14. The van der Waals surface area contributed by atoms with E-state index < -0.39 is 12.0 Å². The Hall–Kier alpha value is -1.97. The molecule has 150 valence electrons. The second-order valence-corrected chi connectivity index (χ2v) is 7.99. The summed E-state index contributed by atoms with van der Waals surface area (Å²) in [6.07, 6.45) is -0.257. The Kier molecular flexibility index (Phi) is 7.76. The zero-order valence-corrected chi connectivity index (χ0v) is 16.7. The molecule has 2 rings (SSSR count). The first-order valence-corrected chi connectivity index (χ1v) is 9.81. The fraction of sp³-hybridized carbons (Fsp3) is 0.611. The summed E-state index contributed by atoms with van der Waals surface area (Å²) in [5, 5.41) is 13.5. The van der Waals surface area contributed by atoms with E-state index in [-0.39, 0.29) is 30.4 Å². The van der Waals surface area contributed by atoms with Gasteiger partial charge >= 0.3 is 5.97 Å². The lowest BCUT2D eigenvalue weighted by Crippen LogP contribution is -2.56. The van der Waals surface area contributed by atoms with Gasteiger partial charge in [0.15, 0.2) is 0 Å². The standard InChI is InChI=1S/C18H27N3O5S/c1-12(2)16(19-17(24)14-5-4-8-27-14)18(25)21-6-7-26-13(10-21)9-20(3)11-15(22)23/h4-5,8,12-13,16H,6-7,9-11H2,1-3H3,(H,19,24)(H,22,23). The predicted molar refractivity (Wildman–Crippen MR) is 102 cm³/mol. The van der Waals surface area contributed by atoms with Gasteiger partial charge in [-0.15, -0.1) is 11.3 Å². The van der Waals surface area contributed by atoms with Gasteiger partial charge in [-0.2, -0.15) is 0 Å². The highest BCUT2D eigenvalue weighted by molar-refractivity contribution is 7.12. The normalized spacial score (nSPS) is 18.6. The monoisotopic (exact) mass is 397 g/mol. The van der Waals surface area contributed by atoms with E-state index in [1.54, 1.807) is 29.0 Å². The topological polar surface area (TPSA) is 99.2 Å². The first kappa shape index (κ1) is 21.3. The number of carbonyl (C=O) groups is 3. The molecule has 2 amide bonds. The van der Waals surface area contributed by atoms with Crippen LogP contribution in [0.3, 0.4) is 0 Å². The van der Waals surface area contributed by atoms with E-state index in [1.165, 1.54) is 11.3 Å². The molecule has 1 saturated heterocycles. The summed E-state index contributed by atoms with van der Waals surface area (Å²) in [4.78, 5) is 40.1. The summed E-state index contributed by atoms with van der Waals surface area (Å²) in [6.45, 7) is 5.35. The van der Waals surface area contributed by atoms with Crippen LogP contribution in [0.5, 0.6) is 0 Å². The van der Waals surface area contributed by atoms with E-state index in [4.69, 9.17) is 9.84 Å². The van der Waals surface area contributed by atoms with Crippen molar-refractivity contribution in [1.82, 2.24) is 15.1 Å². The zero-order chi connectivity index (χ0) is 20.0. The van der Waals surface area contributed by atoms with Crippen molar-refractivity contribution in [3.63, 3.8) is 0 Å². The van der Waals surface area contributed by atoms with Crippen LogP contribution < -0.4 is 5.32 Å². The highest BCUT2D eigenvalue weighted by Gasteiger charge is 2.32. The number of aliphatic carboxylic acids is 1. The number of carboxylic acid groups (broad SMARTS) is 1. The van der Waals surface area contributed by atoms with E-state index in [0.29, 0.717) is 31.1 Å². The number of carbonyl (C=O) groups excluding carboxylic acids is 2. The van der Waals surface area contributed by atoms with E-state index in [9.17, 15) is 14.4 Å². The molecule has 1 aromatic heterocycles. The lowest BCUT2D eigenvalue weighted by atomic mass is 10.0. The average molecular weight is 397 g/mol. The number of amides is 2. The zero-order valence-electron chi connectivity index (χ0n) is 15.9. The Balaban J connectivity index is 1.97. The molecule has 2 atom stereocenters. The van der Waals surface area contributed by atoms with Crippen LogP contribution in [0.25, 0.3) is 0 Å². The van der Waals surface area contributed by atoms with Crippen LogP contribution in [0.2, 0.25) is 0 Å². The number of nitrogens with zero attached hydrogens (tertiary/aromatic N) is 2. The molecule has 0 aromatic carbocycles. The van der Waals surface area contributed by atoms with Crippen LogP contribution in [0.1, 0.15) is 23.5 Å². The van der Waals surface area contributed by atoms with E-state index in [2.05, 4.69) is 5.32 Å². The summed E-state index contributed by atoms with van der Waals surface area (Å²) >= 11 is 1.33. The van der Waals surface area contributed by atoms with Crippen molar-refractivity contribution in [2.75, 3.05) is 39.8 Å². The van der Waals surface area contributed by atoms with Crippen molar-refractivity contribution in [1.29, 1.82) is 0 Å². The summed E-state index contributed by atoms with van der Waals surface area (Å²) in [5.41, 5.74) is 0. The molecule has 2 unspecified atom stereocenters. The van der Waals surface area contributed by atoms with E-state index in [0.717, 1.165) is 0 Å². The van der Waals surface area contributed by atoms with Crippen molar-refractivity contribution >= 4 is 29.1 Å². The number of morpholine rings is 1. The molecule has 1 aliphatic rings. The molecule has 0 aliphatic carbocycles. The van der Waals surface area contributed by atoms with Crippen molar-refractivity contribution in [2.45, 2.75) is 26.0 Å². The average Bonchev–Trinajstić information content (AvgIpc) is 3.12. The lowest BCUT2D eigenvalue weighted by molar-refractivity contribution is -0.144. The minimum absolute atomic E-state index is 0.0580. The molecule has 1 aliphatic heterocycles. The molecule has 0 radical (unpaired) electrons. The molecule has 0 bridgehead atoms. The van der Waals surface area contributed by atoms with Gasteiger partial charge in [0.1, 0.15) is 6.04 Å². The maximum Gasteiger partial charge on any atom is 0.317 e. The van der Waals surface area contributed by atoms with Crippen molar-refractivity contribution in [2.24, 2.45) is 5.92 Å². The Morgan fingerprint density at radius 2 is 2.19 bits per heavy atom. The fourth-order valence-electron chi connectivity index (χ4n) is 3.00. The number of likely N-dealkylation sites (N-methyl/N-ethyl adjacent to an activating group) is 1. The van der Waals surface area contributed by atoms with Crippen molar-refractivity contribution in [3.8, 4) is 0 Å². The first-order chi connectivity index (χ1) is 12.8. The number of nitrogens with one attached hydrogen (secondary N) is 1. The van der Waals surface area contributed by atoms with Gasteiger partial charge in [-0.3, -0.25) is 19.3 Å². The van der Waals surface area contributed by atoms with Gasteiger partial charge in [0.25, 0.3) is 5.91 Å². The van der Waals surface area contributed by atoms with Crippen molar-refractivity contribution < 1.29 is 24.2 Å². The summed E-state index contributed by atoms with van der Waals surface area (Å²) < 4.78 is 5.68. The number of thiophene rings is 1. The van der Waals surface area contributed by atoms with E-state index in [1.807, 2.05) is 19.2 Å². The number of carboxylic acids is 1. The largest absolute Gasteiger partial charge is 0.480 e. The summed E-state index contributed by atoms with van der Waals surface area (Å²) in [6, 6.07) is 2.91. The van der Waals surface area contributed by atoms with Crippen LogP contribution in [0, 0.1) is 5.92 Å². The van der Waals surface area contributed by atoms with Gasteiger partial charge in [-0.1, -0.05) is 19.9 Å². The van der Waals surface area contributed by atoms with Gasteiger partial charge in [0, 0.05) is 19.6 Å². The number of rotatable bonds is 8. The van der Waals surface area contributed by atoms with Crippen LogP contribution in [-0.4, -0.2) is 84.7 Å². The van der Waals surface area contributed by atoms with Crippen LogP contribution in [0.15, 0.2) is 17.5 Å². The van der Waals surface area contributed by atoms with Crippen LogP contribution >= 0.6 is 11.3 Å². The molecule has 2 N–H and O–H groups in total. The number of ether oxygens (including phenoxy) is 1. The molecule has 1 aromatic rings. The highest BCUT2D eigenvalue weighted by atomic mass is 32.1. The third kappa shape index (κ3) is 6.30. The Morgan fingerprint density at radius 1 is 1.44 bits per heavy atom. The maximum absolute atomic E-state index is 13.0. The SMILES string of the molecule is CC(C)C(NC(=O)c1cccs1)C(=O)N1CCOC(CN(C)CC(=O)O)C1. The molecular weight excluding hydrogens is 370 g/mol. The molecule has 27 heavy (non-hydrogen) atoms. The summed E-state index contributed by atoms with van der Waals surface area (Å²) in [7, 11) is 1.70. The van der Waals surface area contributed by atoms with Crippen molar-refractivity contribution in [3.05, 3.63) is 22.4 Å². The second kappa shape index (κ2) is 9.82. The molecule has 0 saturated carbocycles. The van der Waals surface area contributed by atoms with Crippen LogP contribution in [-0.2, 0) is 14.3 Å². The maximum atomic E-state index is 13.0. The van der Waals surface area contributed by atoms with Gasteiger partial charge < -0.3 is 20.1 Å². The van der Waals surface area contributed by atoms with Gasteiger partial charge in [0.2, 0.25) is 5.91 Å². The molecular formula is C18H27N3O5S. The Bertz CT molecular complexity index is 649. The van der Waals surface area contributed by atoms with E-state index >= 15 is 0 Å². The Morgan fingerprint density at radius 3 is 2.78 bits per heavy atom. The smallest absolute Gasteiger partial charge is 0.317 e. The molecule has 1 fully saturated rings. The predicted octanol–water partition coefficient (Wildman–Crippen LogP) is 0.746. The van der Waals surface area contributed by atoms with Gasteiger partial charge in [-0.25, -0.2) is 0 Å². The second-order valence-electron chi connectivity index (χ2n) is 7.04. The number of hydrogen-bond donors (Lipinski definition) is 2. The molecule has 2 heterocycles. The number of hydrogen-bond acceptors (Lipinski definition) is 6. The minimum atomic E-state index is -0.905. The molecule has 0 spiro atoms. The first-order valence-electron chi connectivity index (χ1n) is 8.93. The fourth-order valence-corrected chi connectivity index (χ4v) is 3.63. The Labute approximate surface area is 163 Å². The third-order valence-corrected chi connectivity index (χ3v) is 5.20. The summed E-state index contributed by atoms with van der Waals surface area (Å²) in [5.74, 6) is -1.35. The van der Waals surface area contributed by atoms with Crippen LogP contribution in [0.4, 0.5) is 0 Å².